The topological polar surface area (TPSA) is 49.9 Å². The van der Waals surface area contributed by atoms with Crippen molar-refractivity contribution in [2.24, 2.45) is 0 Å². The number of halogens is 1. The molecule has 3 rings (SSSR count). The van der Waals surface area contributed by atoms with Gasteiger partial charge in [-0.15, -0.1) is 17.9 Å². The van der Waals surface area contributed by atoms with Crippen molar-refractivity contribution in [3.05, 3.63) is 101 Å². The molecule has 0 aliphatic heterocycles. The number of carbonyl (C=O) groups excluding carboxylic acids is 2. The molecule has 0 atom stereocenters. The second-order valence-corrected chi connectivity index (χ2v) is 8.16. The third-order valence-electron chi connectivity index (χ3n) is 4.87. The van der Waals surface area contributed by atoms with E-state index in [1.807, 2.05) is 17.5 Å². The third kappa shape index (κ3) is 6.04. The number of nitrogens with zero attached hydrogens (tertiary/aromatic N) is 2. The molecular formula is C25H25FN2O3S. The molecule has 0 radical (unpaired) electrons. The molecule has 32 heavy (non-hydrogen) atoms. The van der Waals surface area contributed by atoms with E-state index in [4.69, 9.17) is 4.74 Å². The lowest BCUT2D eigenvalue weighted by Crippen LogP contribution is -2.42. The van der Waals surface area contributed by atoms with Crippen molar-refractivity contribution in [2.75, 3.05) is 20.2 Å². The van der Waals surface area contributed by atoms with Crippen LogP contribution in [0.1, 0.15) is 20.8 Å². The molecule has 0 bridgehead atoms. The number of thiophene rings is 1. The van der Waals surface area contributed by atoms with Crippen LogP contribution >= 0.6 is 11.3 Å². The number of carbonyl (C=O) groups is 2. The van der Waals surface area contributed by atoms with E-state index >= 15 is 0 Å². The van der Waals surface area contributed by atoms with Crippen molar-refractivity contribution in [1.29, 1.82) is 0 Å². The van der Waals surface area contributed by atoms with Crippen LogP contribution in [-0.4, -0.2) is 41.8 Å². The van der Waals surface area contributed by atoms with Crippen LogP contribution in [0.3, 0.4) is 0 Å². The molecule has 7 heteroatoms. The van der Waals surface area contributed by atoms with Gasteiger partial charge in [0.05, 0.1) is 19.2 Å². The minimum absolute atomic E-state index is 0.116. The molecule has 0 aliphatic carbocycles. The SMILES string of the molecule is C=CCN(CC(=O)N(Cc1ccc(F)cc1)Cc1cccs1)C(=O)c1ccccc1OC. The highest BCUT2D eigenvalue weighted by molar-refractivity contribution is 7.09. The van der Waals surface area contributed by atoms with Gasteiger partial charge in [0.25, 0.3) is 5.91 Å². The number of para-hydroxylation sites is 1. The number of hydrogen-bond donors (Lipinski definition) is 0. The number of methoxy groups -OCH3 is 1. The van der Waals surface area contributed by atoms with Crippen molar-refractivity contribution in [3.63, 3.8) is 0 Å². The first-order valence-corrected chi connectivity index (χ1v) is 11.0. The molecule has 2 aromatic carbocycles. The molecule has 5 nitrogen and oxygen atoms in total. The van der Waals surface area contributed by atoms with Crippen LogP contribution in [0, 0.1) is 5.82 Å². The Kier molecular flexibility index (Phi) is 8.16. The Morgan fingerprint density at radius 2 is 1.78 bits per heavy atom. The Morgan fingerprint density at radius 1 is 1.03 bits per heavy atom. The predicted molar refractivity (Wildman–Crippen MR) is 124 cm³/mol. The second-order valence-electron chi connectivity index (χ2n) is 7.13. The number of hydrogen-bond acceptors (Lipinski definition) is 4. The minimum Gasteiger partial charge on any atom is -0.496 e. The van der Waals surface area contributed by atoms with Gasteiger partial charge in [-0.1, -0.05) is 36.4 Å². The summed E-state index contributed by atoms with van der Waals surface area (Å²) in [6, 6.07) is 16.9. The van der Waals surface area contributed by atoms with Crippen LogP contribution < -0.4 is 4.74 Å². The summed E-state index contributed by atoms with van der Waals surface area (Å²) in [6.07, 6.45) is 1.59. The number of ether oxygens (including phenoxy) is 1. The van der Waals surface area contributed by atoms with Gasteiger partial charge in [-0.3, -0.25) is 9.59 Å². The van der Waals surface area contributed by atoms with Crippen LogP contribution in [0.2, 0.25) is 0 Å². The van der Waals surface area contributed by atoms with E-state index in [9.17, 15) is 14.0 Å². The molecular weight excluding hydrogens is 427 g/mol. The van der Waals surface area contributed by atoms with Crippen molar-refractivity contribution in [2.45, 2.75) is 13.1 Å². The maximum absolute atomic E-state index is 13.3. The van der Waals surface area contributed by atoms with E-state index in [-0.39, 0.29) is 30.7 Å². The molecule has 0 N–H and O–H groups in total. The molecule has 0 aliphatic rings. The summed E-state index contributed by atoms with van der Waals surface area (Å²) in [4.78, 5) is 30.6. The van der Waals surface area contributed by atoms with Gasteiger partial charge in [-0.2, -0.15) is 0 Å². The number of rotatable bonds is 10. The van der Waals surface area contributed by atoms with E-state index in [1.165, 1.54) is 24.1 Å². The van der Waals surface area contributed by atoms with Crippen molar-refractivity contribution in [1.82, 2.24) is 9.80 Å². The maximum Gasteiger partial charge on any atom is 0.258 e. The molecule has 0 fully saturated rings. The smallest absolute Gasteiger partial charge is 0.258 e. The summed E-state index contributed by atoms with van der Waals surface area (Å²) < 4.78 is 18.6. The van der Waals surface area contributed by atoms with Crippen LogP contribution in [0.5, 0.6) is 5.75 Å². The molecule has 0 saturated heterocycles. The molecule has 2 amide bonds. The zero-order valence-corrected chi connectivity index (χ0v) is 18.7. The fraction of sp³-hybridized carbons (Fsp3) is 0.200. The van der Waals surface area contributed by atoms with Crippen molar-refractivity contribution in [3.8, 4) is 5.75 Å². The number of amides is 2. The molecule has 166 valence electrons. The summed E-state index contributed by atoms with van der Waals surface area (Å²) in [6.45, 7) is 4.53. The summed E-state index contributed by atoms with van der Waals surface area (Å²) in [5.74, 6) is -0.411. The summed E-state index contributed by atoms with van der Waals surface area (Å²) in [5, 5.41) is 1.95. The third-order valence-corrected chi connectivity index (χ3v) is 5.73. The largest absolute Gasteiger partial charge is 0.496 e. The van der Waals surface area contributed by atoms with E-state index in [2.05, 4.69) is 6.58 Å². The van der Waals surface area contributed by atoms with Gasteiger partial charge < -0.3 is 14.5 Å². The normalized spacial score (nSPS) is 10.4. The monoisotopic (exact) mass is 452 g/mol. The van der Waals surface area contributed by atoms with E-state index < -0.39 is 0 Å². The molecule has 1 aromatic heterocycles. The quantitative estimate of drug-likeness (QED) is 0.417. The molecule has 0 saturated carbocycles. The summed E-state index contributed by atoms with van der Waals surface area (Å²) in [7, 11) is 1.50. The molecule has 3 aromatic rings. The summed E-state index contributed by atoms with van der Waals surface area (Å²) in [5.41, 5.74) is 1.19. The second kappa shape index (κ2) is 11.2. The molecule has 1 heterocycles. The lowest BCUT2D eigenvalue weighted by molar-refractivity contribution is -0.133. The van der Waals surface area contributed by atoms with Gasteiger partial charge in [-0.25, -0.2) is 4.39 Å². The number of benzene rings is 2. The van der Waals surface area contributed by atoms with Gasteiger partial charge in [0.2, 0.25) is 5.91 Å². The Hall–Kier alpha value is -3.45. The van der Waals surface area contributed by atoms with Crippen LogP contribution in [0.15, 0.2) is 78.7 Å². The molecule has 0 spiro atoms. The maximum atomic E-state index is 13.3. The van der Waals surface area contributed by atoms with Gasteiger partial charge in [0.15, 0.2) is 0 Å². The first kappa shape index (κ1) is 23.2. The standard InChI is InChI=1S/C25H25FN2O3S/c1-3-14-27(25(30)22-8-4-5-9-23(22)31-2)18-24(29)28(17-21-7-6-15-32-21)16-19-10-12-20(26)13-11-19/h3-13,15H,1,14,16-18H2,2H3. The lowest BCUT2D eigenvalue weighted by Gasteiger charge is -2.27. The van der Waals surface area contributed by atoms with E-state index in [0.717, 1.165) is 10.4 Å². The van der Waals surface area contributed by atoms with Crippen molar-refractivity contribution < 1.29 is 18.7 Å². The minimum atomic E-state index is -0.329. The first-order chi connectivity index (χ1) is 15.5. The fourth-order valence-corrected chi connectivity index (χ4v) is 3.98. The molecule has 0 unspecified atom stereocenters. The Labute approximate surface area is 191 Å². The van der Waals surface area contributed by atoms with Gasteiger partial charge in [0, 0.05) is 18.0 Å². The Bertz CT molecular complexity index is 1050. The predicted octanol–water partition coefficient (Wildman–Crippen LogP) is 4.75. The lowest BCUT2D eigenvalue weighted by atomic mass is 10.1. The highest BCUT2D eigenvalue weighted by Gasteiger charge is 2.24. The first-order valence-electron chi connectivity index (χ1n) is 10.1. The highest BCUT2D eigenvalue weighted by Crippen LogP contribution is 2.20. The summed E-state index contributed by atoms with van der Waals surface area (Å²) >= 11 is 1.55. The van der Waals surface area contributed by atoms with E-state index in [0.29, 0.717) is 24.4 Å². The van der Waals surface area contributed by atoms with Crippen LogP contribution in [0.25, 0.3) is 0 Å². The highest BCUT2D eigenvalue weighted by atomic mass is 32.1. The van der Waals surface area contributed by atoms with Crippen LogP contribution in [0.4, 0.5) is 4.39 Å². The average Bonchev–Trinajstić information content (AvgIpc) is 3.32. The average molecular weight is 453 g/mol. The Balaban J connectivity index is 1.81. The van der Waals surface area contributed by atoms with Gasteiger partial charge >= 0.3 is 0 Å². The van der Waals surface area contributed by atoms with Gasteiger partial charge in [-0.05, 0) is 41.3 Å². The van der Waals surface area contributed by atoms with Crippen LogP contribution in [-0.2, 0) is 17.9 Å². The van der Waals surface area contributed by atoms with E-state index in [1.54, 1.807) is 58.7 Å². The fourth-order valence-electron chi connectivity index (χ4n) is 3.26. The zero-order chi connectivity index (χ0) is 22.9. The Morgan fingerprint density at radius 3 is 2.44 bits per heavy atom. The van der Waals surface area contributed by atoms with Gasteiger partial charge in [0.1, 0.15) is 18.1 Å². The zero-order valence-electron chi connectivity index (χ0n) is 17.9. The van der Waals surface area contributed by atoms with Crippen molar-refractivity contribution >= 4 is 23.2 Å².